The maximum atomic E-state index is 11.1. The van der Waals surface area contributed by atoms with E-state index in [2.05, 4.69) is 0 Å². The van der Waals surface area contributed by atoms with Crippen molar-refractivity contribution in [2.24, 2.45) is 0 Å². The first kappa shape index (κ1) is 8.92. The molecule has 0 bridgehead atoms. The van der Waals surface area contributed by atoms with Gasteiger partial charge in [-0.25, -0.2) is 8.42 Å². The summed E-state index contributed by atoms with van der Waals surface area (Å²) >= 11 is 0. The maximum Gasteiger partial charge on any atom is 0.374 e. The van der Waals surface area contributed by atoms with E-state index in [9.17, 15) is 21.6 Å². The van der Waals surface area contributed by atoms with Crippen molar-refractivity contribution in [2.45, 2.75) is 5.80 Å². The van der Waals surface area contributed by atoms with E-state index < -0.39 is 24.0 Å². The van der Waals surface area contributed by atoms with Crippen LogP contribution in [0.15, 0.2) is 0 Å². The lowest BCUT2D eigenvalue weighted by Gasteiger charge is -1.99. The summed E-state index contributed by atoms with van der Waals surface area (Å²) in [6, 6.07) is 0. The second kappa shape index (κ2) is 2.27. The van der Waals surface area contributed by atoms with Crippen LogP contribution in [0.3, 0.4) is 0 Å². The molecule has 0 amide bonds. The number of hydrogen-bond donors (Lipinski definition) is 1. The van der Waals surface area contributed by atoms with Gasteiger partial charge in [-0.1, -0.05) is 0 Å². The number of rotatable bonds is 1. The number of halogens is 3. The molecule has 0 heterocycles. The van der Waals surface area contributed by atoms with Crippen LogP contribution in [0.1, 0.15) is 0 Å². The van der Waals surface area contributed by atoms with Gasteiger partial charge < -0.3 is 0 Å². The first-order valence-electron chi connectivity index (χ1n) is 1.73. The summed E-state index contributed by atoms with van der Waals surface area (Å²) in [5.41, 5.74) is 0. The summed E-state index contributed by atoms with van der Waals surface area (Å²) in [5, 5.41) is 0. The molecule has 0 aromatic rings. The topological polar surface area (TPSA) is 54.4 Å². The molecule has 0 spiro atoms. The third-order valence-electron chi connectivity index (χ3n) is 0.346. The summed E-state index contributed by atoms with van der Waals surface area (Å²) in [4.78, 5) is 0. The minimum atomic E-state index is -4.77. The molecule has 0 aliphatic carbocycles. The fraction of sp³-hybridized carbons (Fsp3) is 1.00. The van der Waals surface area contributed by atoms with Gasteiger partial charge in [-0.3, -0.25) is 4.55 Å². The van der Waals surface area contributed by atoms with Gasteiger partial charge in [0.25, 0.3) is 0 Å². The lowest BCUT2D eigenvalue weighted by Crippen LogP contribution is -2.26. The van der Waals surface area contributed by atoms with Gasteiger partial charge in [0, 0.05) is 0 Å². The summed E-state index contributed by atoms with van der Waals surface area (Å²) in [6.07, 6.45) is 0. The quantitative estimate of drug-likeness (QED) is 0.436. The fourth-order valence-corrected chi connectivity index (χ4v) is 1.86. The van der Waals surface area contributed by atoms with Crippen molar-refractivity contribution < 1.29 is 26.1 Å². The van der Waals surface area contributed by atoms with Crippen LogP contribution >= 0.6 is 0 Å². The molecule has 0 aromatic heterocycles. The molecule has 0 radical (unpaired) electrons. The van der Waals surface area contributed by atoms with Crippen LogP contribution in [0.2, 0.25) is 0 Å². The summed E-state index contributed by atoms with van der Waals surface area (Å²) in [7, 11) is -8.15. The molecule has 0 rings (SSSR count). The normalized spacial score (nSPS) is 15.1. The monoisotopic (exact) mass is 180 g/mol. The molecular weight excluding hydrogens is 177 g/mol. The SMILES string of the molecule is O=S(=O)(O)[SiH2]C(F)(F)F. The second-order valence-corrected chi connectivity index (χ2v) is 6.65. The Balaban J connectivity index is 4.07. The minimum Gasteiger partial charge on any atom is -0.292 e. The highest BCUT2D eigenvalue weighted by Crippen LogP contribution is 2.13. The van der Waals surface area contributed by atoms with Crippen molar-refractivity contribution in [1.29, 1.82) is 0 Å². The van der Waals surface area contributed by atoms with Gasteiger partial charge in [0.05, 0.1) is 0 Å². The molecule has 0 saturated carbocycles. The van der Waals surface area contributed by atoms with Crippen LogP contribution in [-0.4, -0.2) is 27.4 Å². The third kappa shape index (κ3) is 7.92. The highest BCUT2D eigenvalue weighted by atomic mass is 32.4. The Morgan fingerprint density at radius 1 is 1.33 bits per heavy atom. The Morgan fingerprint density at radius 3 is 1.67 bits per heavy atom. The highest BCUT2D eigenvalue weighted by Gasteiger charge is 2.35. The predicted molar refractivity (Wildman–Crippen MR) is 26.1 cm³/mol. The lowest BCUT2D eigenvalue weighted by molar-refractivity contribution is -0.0446. The Labute approximate surface area is 51.1 Å². The third-order valence-corrected chi connectivity index (χ3v) is 3.11. The highest BCUT2D eigenvalue weighted by molar-refractivity contribution is 8.10. The van der Waals surface area contributed by atoms with E-state index in [1.807, 2.05) is 0 Å². The molecule has 0 atom stereocenters. The van der Waals surface area contributed by atoms with E-state index in [-0.39, 0.29) is 0 Å². The van der Waals surface area contributed by atoms with E-state index in [1.54, 1.807) is 0 Å². The zero-order valence-corrected chi connectivity index (χ0v) is 6.24. The first-order valence-corrected chi connectivity index (χ1v) is 5.77. The molecule has 0 aliphatic heterocycles. The van der Waals surface area contributed by atoms with Crippen molar-refractivity contribution >= 4 is 18.2 Å². The Kier molecular flexibility index (Phi) is 2.25. The smallest absolute Gasteiger partial charge is 0.292 e. The summed E-state index contributed by atoms with van der Waals surface area (Å²) < 4.78 is 60.0. The predicted octanol–water partition coefficient (Wildman–Crippen LogP) is -0.522. The number of alkyl halides is 3. The average molecular weight is 180 g/mol. The van der Waals surface area contributed by atoms with Crippen molar-refractivity contribution in [3.63, 3.8) is 0 Å². The van der Waals surface area contributed by atoms with Crippen molar-refractivity contribution in [3.8, 4) is 0 Å². The van der Waals surface area contributed by atoms with Crippen LogP contribution in [0.5, 0.6) is 0 Å². The standard InChI is InChI=1S/CH3F3O3SSi/c2-1(3,4)9-8(5,6)7/h9H2,(H,5,6,7). The van der Waals surface area contributed by atoms with Crippen molar-refractivity contribution in [3.05, 3.63) is 0 Å². The van der Waals surface area contributed by atoms with Gasteiger partial charge in [0.15, 0.2) is 0 Å². The van der Waals surface area contributed by atoms with Crippen LogP contribution < -0.4 is 0 Å². The van der Waals surface area contributed by atoms with Gasteiger partial charge in [-0.05, 0) is 0 Å². The molecule has 1 N–H and O–H groups in total. The van der Waals surface area contributed by atoms with Gasteiger partial charge in [-0.15, -0.1) is 0 Å². The fourth-order valence-electron chi connectivity index (χ4n) is 0.207. The van der Waals surface area contributed by atoms with Crippen LogP contribution in [0.25, 0.3) is 0 Å². The molecule has 56 valence electrons. The molecular formula is CH3F3O3SSi. The molecule has 3 nitrogen and oxygen atoms in total. The van der Waals surface area contributed by atoms with E-state index >= 15 is 0 Å². The Bertz CT molecular complexity index is 180. The molecule has 0 fully saturated rings. The number of hydrogen-bond acceptors (Lipinski definition) is 2. The van der Waals surface area contributed by atoms with E-state index in [0.29, 0.717) is 0 Å². The van der Waals surface area contributed by atoms with Crippen LogP contribution in [0, 0.1) is 0 Å². The Morgan fingerprint density at radius 2 is 1.67 bits per heavy atom. The van der Waals surface area contributed by atoms with Crippen molar-refractivity contribution in [1.82, 2.24) is 0 Å². The van der Waals surface area contributed by atoms with E-state index in [1.165, 1.54) is 0 Å². The lowest BCUT2D eigenvalue weighted by atomic mass is 11.5. The van der Waals surface area contributed by atoms with Gasteiger partial charge in [0.1, 0.15) is 0 Å². The molecule has 9 heavy (non-hydrogen) atoms. The molecule has 0 aliphatic rings. The van der Waals surface area contributed by atoms with Crippen molar-refractivity contribution in [2.75, 3.05) is 0 Å². The average Bonchev–Trinajstić information content (AvgIpc) is 1.14. The Hall–Kier alpha value is -0.0831. The van der Waals surface area contributed by atoms with Gasteiger partial charge in [-0.2, -0.15) is 13.2 Å². The molecule has 0 aromatic carbocycles. The zero-order chi connectivity index (χ0) is 7.71. The molecule has 8 heteroatoms. The first-order chi connectivity index (χ1) is 3.71. The van der Waals surface area contributed by atoms with E-state index in [4.69, 9.17) is 4.55 Å². The van der Waals surface area contributed by atoms with Crippen LogP contribution in [0.4, 0.5) is 13.2 Å². The minimum absolute atomic E-state index is 3.38. The van der Waals surface area contributed by atoms with E-state index in [0.717, 1.165) is 0 Å². The van der Waals surface area contributed by atoms with Gasteiger partial charge in [0.2, 0.25) is 9.57 Å². The molecule has 0 saturated heterocycles. The molecule has 0 unspecified atom stereocenters. The van der Waals surface area contributed by atoms with Crippen LogP contribution in [-0.2, 0) is 9.57 Å². The summed E-state index contributed by atoms with van der Waals surface area (Å²) in [5.74, 6) is -4.71. The van der Waals surface area contributed by atoms with Gasteiger partial charge >= 0.3 is 14.5 Å². The largest absolute Gasteiger partial charge is 0.374 e. The second-order valence-electron chi connectivity index (χ2n) is 1.34. The summed E-state index contributed by atoms with van der Waals surface area (Å²) in [6.45, 7) is 0. The maximum absolute atomic E-state index is 11.1. The zero-order valence-electron chi connectivity index (χ0n) is 4.01.